The summed E-state index contributed by atoms with van der Waals surface area (Å²) in [4.78, 5) is 18.2. The van der Waals surface area contributed by atoms with Crippen molar-refractivity contribution in [3.05, 3.63) is 77.6 Å². The SMILES string of the molecule is COC(=O)c1ccncc1CC[C@@H]1CCOc2cc(N(C)c3ccc(OCC(F)(F)F)cc3)ccc21. The first kappa shape index (κ1) is 25.3. The number of alkyl halides is 3. The molecular formula is C27H27F3N2O4. The molecule has 1 aliphatic rings. The van der Waals surface area contributed by atoms with Gasteiger partial charge in [-0.05, 0) is 72.7 Å². The first-order valence-corrected chi connectivity index (χ1v) is 11.6. The van der Waals surface area contributed by atoms with Crippen LogP contribution in [0.2, 0.25) is 0 Å². The van der Waals surface area contributed by atoms with Gasteiger partial charge in [0.15, 0.2) is 6.61 Å². The predicted molar refractivity (Wildman–Crippen MR) is 129 cm³/mol. The number of pyridine rings is 1. The minimum Gasteiger partial charge on any atom is -0.493 e. The lowest BCUT2D eigenvalue weighted by Gasteiger charge is -2.28. The van der Waals surface area contributed by atoms with Gasteiger partial charge in [-0.3, -0.25) is 4.98 Å². The summed E-state index contributed by atoms with van der Waals surface area (Å²) in [6.07, 6.45) is 1.31. The highest BCUT2D eigenvalue weighted by Crippen LogP contribution is 2.40. The highest BCUT2D eigenvalue weighted by atomic mass is 19.4. The van der Waals surface area contributed by atoms with E-state index in [1.807, 2.05) is 24.1 Å². The van der Waals surface area contributed by atoms with Crippen molar-refractivity contribution < 1.29 is 32.2 Å². The number of hydrogen-bond acceptors (Lipinski definition) is 6. The van der Waals surface area contributed by atoms with E-state index in [0.29, 0.717) is 18.6 Å². The second kappa shape index (κ2) is 10.9. The summed E-state index contributed by atoms with van der Waals surface area (Å²) in [6, 6.07) is 14.2. The molecule has 0 saturated heterocycles. The van der Waals surface area contributed by atoms with E-state index in [4.69, 9.17) is 14.2 Å². The lowest BCUT2D eigenvalue weighted by Crippen LogP contribution is -2.19. The van der Waals surface area contributed by atoms with E-state index in [9.17, 15) is 18.0 Å². The molecule has 0 aliphatic carbocycles. The lowest BCUT2D eigenvalue weighted by atomic mass is 9.87. The van der Waals surface area contributed by atoms with Crippen molar-refractivity contribution >= 4 is 17.3 Å². The van der Waals surface area contributed by atoms with Crippen LogP contribution in [0.4, 0.5) is 24.5 Å². The second-order valence-corrected chi connectivity index (χ2v) is 8.58. The highest BCUT2D eigenvalue weighted by molar-refractivity contribution is 5.90. The molecule has 0 radical (unpaired) electrons. The number of anilines is 2. The number of aryl methyl sites for hydroxylation is 1. The van der Waals surface area contributed by atoms with E-state index in [1.54, 1.807) is 30.6 Å². The first-order valence-electron chi connectivity index (χ1n) is 11.6. The van der Waals surface area contributed by atoms with Crippen molar-refractivity contribution in [2.45, 2.75) is 31.4 Å². The van der Waals surface area contributed by atoms with Crippen LogP contribution in [0.1, 0.15) is 40.2 Å². The van der Waals surface area contributed by atoms with Crippen molar-refractivity contribution in [2.75, 3.05) is 32.3 Å². The fourth-order valence-electron chi connectivity index (χ4n) is 4.31. The van der Waals surface area contributed by atoms with Gasteiger partial charge in [0.2, 0.25) is 0 Å². The summed E-state index contributed by atoms with van der Waals surface area (Å²) >= 11 is 0. The van der Waals surface area contributed by atoms with Gasteiger partial charge in [-0.25, -0.2) is 4.79 Å². The van der Waals surface area contributed by atoms with Crippen LogP contribution in [0.15, 0.2) is 60.9 Å². The van der Waals surface area contributed by atoms with Crippen LogP contribution in [0.25, 0.3) is 0 Å². The van der Waals surface area contributed by atoms with Crippen molar-refractivity contribution in [1.29, 1.82) is 0 Å². The summed E-state index contributed by atoms with van der Waals surface area (Å²) in [5.74, 6) is 0.862. The lowest BCUT2D eigenvalue weighted by molar-refractivity contribution is -0.153. The summed E-state index contributed by atoms with van der Waals surface area (Å²) in [6.45, 7) is -0.733. The molecule has 2 aromatic carbocycles. The molecule has 0 bridgehead atoms. The number of hydrogen-bond donors (Lipinski definition) is 0. The van der Waals surface area contributed by atoms with Crippen LogP contribution in [0.3, 0.4) is 0 Å². The van der Waals surface area contributed by atoms with Gasteiger partial charge in [0.25, 0.3) is 0 Å². The Bertz CT molecular complexity index is 1200. The first-order chi connectivity index (χ1) is 17.2. The normalized spacial score (nSPS) is 15.0. The Balaban J connectivity index is 1.45. The molecule has 6 nitrogen and oxygen atoms in total. The van der Waals surface area contributed by atoms with Gasteiger partial charge in [-0.2, -0.15) is 13.2 Å². The number of carbonyl (C=O) groups is 1. The van der Waals surface area contributed by atoms with Crippen LogP contribution in [0, 0.1) is 0 Å². The van der Waals surface area contributed by atoms with Gasteiger partial charge in [-0.1, -0.05) is 6.07 Å². The zero-order chi connectivity index (χ0) is 25.7. The Hall–Kier alpha value is -3.75. The molecule has 190 valence electrons. The van der Waals surface area contributed by atoms with Crippen LogP contribution in [-0.2, 0) is 11.2 Å². The van der Waals surface area contributed by atoms with Crippen LogP contribution < -0.4 is 14.4 Å². The molecule has 0 fully saturated rings. The summed E-state index contributed by atoms with van der Waals surface area (Å²) in [5.41, 5.74) is 4.19. The van der Waals surface area contributed by atoms with E-state index in [2.05, 4.69) is 11.1 Å². The number of benzene rings is 2. The highest BCUT2D eigenvalue weighted by Gasteiger charge is 2.28. The van der Waals surface area contributed by atoms with Crippen molar-refractivity contribution in [2.24, 2.45) is 0 Å². The van der Waals surface area contributed by atoms with E-state index in [0.717, 1.165) is 41.1 Å². The molecule has 3 aromatic rings. The van der Waals surface area contributed by atoms with Crippen LogP contribution in [-0.4, -0.2) is 44.5 Å². The number of ether oxygens (including phenoxy) is 3. The maximum Gasteiger partial charge on any atom is 0.422 e. The average Bonchev–Trinajstić information content (AvgIpc) is 2.89. The summed E-state index contributed by atoms with van der Waals surface area (Å²) in [7, 11) is 3.25. The zero-order valence-corrected chi connectivity index (χ0v) is 20.0. The van der Waals surface area contributed by atoms with Gasteiger partial charge in [0, 0.05) is 36.9 Å². The number of nitrogens with zero attached hydrogens (tertiary/aromatic N) is 2. The minimum atomic E-state index is -4.38. The third-order valence-corrected chi connectivity index (χ3v) is 6.25. The van der Waals surface area contributed by atoms with Gasteiger partial charge >= 0.3 is 12.1 Å². The largest absolute Gasteiger partial charge is 0.493 e. The van der Waals surface area contributed by atoms with Gasteiger partial charge in [-0.15, -0.1) is 0 Å². The molecule has 4 rings (SSSR count). The maximum absolute atomic E-state index is 12.4. The van der Waals surface area contributed by atoms with Crippen molar-refractivity contribution in [1.82, 2.24) is 4.98 Å². The Morgan fingerprint density at radius 2 is 1.89 bits per heavy atom. The Morgan fingerprint density at radius 3 is 2.61 bits per heavy atom. The predicted octanol–water partition coefficient (Wildman–Crippen LogP) is 6.08. The number of aromatic nitrogens is 1. The van der Waals surface area contributed by atoms with Crippen LogP contribution >= 0.6 is 0 Å². The number of esters is 1. The number of halogens is 3. The standard InChI is InChI=1S/C27H27F3N2O4/c1-32(20-5-8-22(9-6-20)36-17-27(28,29)30)21-7-10-23-18(12-14-35-25(23)15-21)3-4-19-16-31-13-11-24(19)26(33)34-2/h5-11,13,15-16,18H,3-4,12,14,17H2,1-2H3/t18-/m1/s1. The van der Waals surface area contributed by atoms with E-state index in [1.165, 1.54) is 19.2 Å². The van der Waals surface area contributed by atoms with E-state index < -0.39 is 12.8 Å². The molecule has 0 saturated carbocycles. The molecule has 0 unspecified atom stereocenters. The maximum atomic E-state index is 12.4. The van der Waals surface area contributed by atoms with Crippen molar-refractivity contribution in [3.8, 4) is 11.5 Å². The molecule has 2 heterocycles. The van der Waals surface area contributed by atoms with Crippen molar-refractivity contribution in [3.63, 3.8) is 0 Å². The van der Waals surface area contributed by atoms with Crippen LogP contribution in [0.5, 0.6) is 11.5 Å². The minimum absolute atomic E-state index is 0.157. The molecule has 36 heavy (non-hydrogen) atoms. The average molecular weight is 501 g/mol. The number of carbonyl (C=O) groups excluding carboxylic acids is 1. The molecule has 9 heteroatoms. The molecule has 1 aromatic heterocycles. The van der Waals surface area contributed by atoms with Gasteiger partial charge < -0.3 is 19.1 Å². The molecule has 1 aliphatic heterocycles. The number of rotatable bonds is 8. The third-order valence-electron chi connectivity index (χ3n) is 6.25. The molecule has 0 spiro atoms. The van der Waals surface area contributed by atoms with Gasteiger partial charge in [0.1, 0.15) is 11.5 Å². The number of fused-ring (bicyclic) bond motifs is 1. The molecule has 0 amide bonds. The third kappa shape index (κ3) is 6.08. The Labute approximate surface area is 207 Å². The Kier molecular flexibility index (Phi) is 7.67. The Morgan fingerprint density at radius 1 is 1.14 bits per heavy atom. The fourth-order valence-corrected chi connectivity index (χ4v) is 4.31. The molecule has 0 N–H and O–H groups in total. The second-order valence-electron chi connectivity index (χ2n) is 8.58. The topological polar surface area (TPSA) is 60.9 Å². The molecule has 1 atom stereocenters. The van der Waals surface area contributed by atoms with Gasteiger partial charge in [0.05, 0.1) is 19.3 Å². The van der Waals surface area contributed by atoms with E-state index >= 15 is 0 Å². The monoisotopic (exact) mass is 500 g/mol. The number of methoxy groups -OCH3 is 1. The van der Waals surface area contributed by atoms with E-state index in [-0.39, 0.29) is 17.6 Å². The zero-order valence-electron chi connectivity index (χ0n) is 20.0. The smallest absolute Gasteiger partial charge is 0.422 e. The quantitative estimate of drug-likeness (QED) is 0.350. The summed E-state index contributed by atoms with van der Waals surface area (Å²) in [5, 5.41) is 0. The summed E-state index contributed by atoms with van der Waals surface area (Å²) < 4.78 is 52.7. The molecular weight excluding hydrogens is 473 g/mol. The fraction of sp³-hybridized carbons (Fsp3) is 0.333.